The zero-order valence-corrected chi connectivity index (χ0v) is 30.7. The van der Waals surface area contributed by atoms with Crippen LogP contribution in [0.2, 0.25) is 0 Å². The van der Waals surface area contributed by atoms with E-state index in [1.54, 1.807) is 6.07 Å². The second-order valence-electron chi connectivity index (χ2n) is 14.3. The Labute approximate surface area is 279 Å². The summed E-state index contributed by atoms with van der Waals surface area (Å²) in [5.74, 6) is 0. The van der Waals surface area contributed by atoms with Crippen LogP contribution in [0.3, 0.4) is 0 Å². The third-order valence-corrected chi connectivity index (χ3v) is 11.2. The van der Waals surface area contributed by atoms with Crippen molar-refractivity contribution < 1.29 is 13.0 Å². The molecule has 0 aliphatic carbocycles. The normalized spacial score (nSPS) is 18.2. The van der Waals surface area contributed by atoms with Gasteiger partial charge in [0, 0.05) is 58.8 Å². The van der Waals surface area contributed by atoms with E-state index in [1.165, 1.54) is 80.1 Å². The van der Waals surface area contributed by atoms with E-state index in [0.29, 0.717) is 9.93 Å². The van der Waals surface area contributed by atoms with Crippen LogP contribution < -0.4 is 4.90 Å². The van der Waals surface area contributed by atoms with Crippen LogP contribution in [-0.4, -0.2) is 38.1 Å². The third kappa shape index (κ3) is 7.79. The fourth-order valence-electron chi connectivity index (χ4n) is 7.13. The fraction of sp³-hybridized carbons (Fsp3) is 0.564. The number of hydrogen-bond donors (Lipinski definition) is 0. The number of fused-ring (bicyclic) bond motifs is 2. The number of benzene rings is 2. The van der Waals surface area contributed by atoms with Crippen LogP contribution in [0.4, 0.5) is 11.4 Å². The minimum absolute atomic E-state index is 0.180. The average Bonchev–Trinajstić information content (AvgIpc) is 3.30. The zero-order valence-electron chi connectivity index (χ0n) is 29.1. The molecule has 246 valence electrons. The molecular weight excluding hydrogens is 596 g/mol. The summed E-state index contributed by atoms with van der Waals surface area (Å²) in [5.41, 5.74) is 7.83. The topological polar surface area (TPSA) is 40.4 Å². The van der Waals surface area contributed by atoms with E-state index in [9.17, 15) is 8.42 Å². The number of halogens is 1. The van der Waals surface area contributed by atoms with Crippen molar-refractivity contribution in [3.05, 3.63) is 76.0 Å². The predicted octanol–water partition coefficient (Wildman–Crippen LogP) is 10.5. The highest BCUT2D eigenvalue weighted by atomic mass is 35.5. The van der Waals surface area contributed by atoms with E-state index < -0.39 is 15.3 Å². The highest BCUT2D eigenvalue weighted by molar-refractivity contribution is 7.90. The minimum Gasteiger partial charge on any atom is -0.344 e. The molecule has 0 bridgehead atoms. The van der Waals surface area contributed by atoms with E-state index in [1.807, 2.05) is 12.1 Å². The first-order chi connectivity index (χ1) is 21.2. The number of nitrogens with zero attached hydrogens (tertiary/aromatic N) is 2. The van der Waals surface area contributed by atoms with E-state index in [0.717, 1.165) is 42.9 Å². The molecule has 0 unspecified atom stereocenters. The van der Waals surface area contributed by atoms with Crippen molar-refractivity contribution in [1.82, 2.24) is 0 Å². The van der Waals surface area contributed by atoms with Crippen LogP contribution in [0.25, 0.3) is 0 Å². The maximum Gasteiger partial charge on any atom is 0.209 e. The Morgan fingerprint density at radius 2 is 1.49 bits per heavy atom. The van der Waals surface area contributed by atoms with Crippen LogP contribution in [0, 0.1) is 6.92 Å². The van der Waals surface area contributed by atoms with Gasteiger partial charge in [0.15, 0.2) is 15.5 Å². The van der Waals surface area contributed by atoms with Gasteiger partial charge in [-0.2, -0.15) is 4.58 Å². The van der Waals surface area contributed by atoms with E-state index in [4.69, 9.17) is 11.6 Å². The van der Waals surface area contributed by atoms with Crippen LogP contribution in [0.5, 0.6) is 0 Å². The summed E-state index contributed by atoms with van der Waals surface area (Å²) in [4.78, 5) is 2.75. The molecule has 2 aromatic rings. The van der Waals surface area contributed by atoms with Gasteiger partial charge < -0.3 is 4.90 Å². The fourth-order valence-corrected chi connectivity index (χ4v) is 7.98. The van der Waals surface area contributed by atoms with Gasteiger partial charge in [0.05, 0.1) is 10.3 Å². The van der Waals surface area contributed by atoms with Crippen LogP contribution in [0.1, 0.15) is 122 Å². The van der Waals surface area contributed by atoms with Crippen molar-refractivity contribution >= 4 is 38.5 Å². The number of hydrogen-bond acceptors (Lipinski definition) is 3. The molecule has 0 saturated heterocycles. The van der Waals surface area contributed by atoms with Crippen molar-refractivity contribution in [1.29, 1.82) is 0 Å². The molecule has 0 fully saturated rings. The number of unbranched alkanes of at least 4 members (excludes halogenated alkanes) is 8. The predicted molar refractivity (Wildman–Crippen MR) is 193 cm³/mol. The van der Waals surface area contributed by atoms with E-state index >= 15 is 0 Å². The van der Waals surface area contributed by atoms with Crippen molar-refractivity contribution in [3.63, 3.8) is 0 Å². The zero-order chi connectivity index (χ0) is 33.0. The molecule has 4 nitrogen and oxygen atoms in total. The Kier molecular flexibility index (Phi) is 11.5. The third-order valence-electron chi connectivity index (χ3n) is 9.86. The first-order valence-corrected chi connectivity index (χ1v) is 19.5. The lowest BCUT2D eigenvalue weighted by atomic mass is 9.80. The van der Waals surface area contributed by atoms with Gasteiger partial charge in [-0.1, -0.05) is 95.9 Å². The Bertz CT molecular complexity index is 1580. The van der Waals surface area contributed by atoms with Crippen molar-refractivity contribution in [2.45, 2.75) is 128 Å². The van der Waals surface area contributed by atoms with Gasteiger partial charge >= 0.3 is 0 Å². The summed E-state index contributed by atoms with van der Waals surface area (Å²) < 4.78 is 27.5. The van der Waals surface area contributed by atoms with Gasteiger partial charge in [-0.15, -0.1) is 0 Å². The molecule has 2 aliphatic rings. The molecule has 0 radical (unpaired) electrons. The summed E-state index contributed by atoms with van der Waals surface area (Å²) in [6.45, 7) is 17.5. The second kappa shape index (κ2) is 14.6. The molecule has 0 aromatic heterocycles. The Balaban J connectivity index is 1.76. The SMILES string of the molecule is CCCCCCCN1C(=CC(Cl)=CC2=[N+](CCCCCCC)c3ccc(C)cc3C2(C)C)C(C)(C)c2cc(S(C)(=O)=O)ccc21. The first-order valence-electron chi connectivity index (χ1n) is 17.2. The van der Waals surface area contributed by atoms with Crippen molar-refractivity contribution in [2.24, 2.45) is 0 Å². The van der Waals surface area contributed by atoms with Gasteiger partial charge in [0.25, 0.3) is 0 Å². The van der Waals surface area contributed by atoms with Gasteiger partial charge in [0.1, 0.15) is 6.54 Å². The van der Waals surface area contributed by atoms with Gasteiger partial charge in [0.2, 0.25) is 5.69 Å². The summed E-state index contributed by atoms with van der Waals surface area (Å²) >= 11 is 7.27. The second-order valence-corrected chi connectivity index (χ2v) is 16.7. The summed E-state index contributed by atoms with van der Waals surface area (Å²) in [6.07, 6.45) is 17.8. The van der Waals surface area contributed by atoms with Crippen LogP contribution >= 0.6 is 11.6 Å². The number of rotatable bonds is 15. The van der Waals surface area contributed by atoms with E-state index in [2.05, 4.69) is 88.3 Å². The Morgan fingerprint density at radius 3 is 2.13 bits per heavy atom. The maximum atomic E-state index is 12.5. The average molecular weight is 652 g/mol. The molecule has 4 rings (SSSR count). The standard InChI is InChI=1S/C39H56ClN2O2S/c1-9-11-13-15-17-23-41-34-21-19-29(3)25-32(34)38(4,5)36(41)26-30(40)27-37-39(6,7)33-28-31(45(8,43)44)20-22-35(33)42(37)24-18-16-14-12-10-2/h19-22,25-28H,9-18,23-24H2,1-8H3/q+1. The van der Waals surface area contributed by atoms with Crippen LogP contribution in [0.15, 0.2) is 64.2 Å². The minimum atomic E-state index is -3.32. The van der Waals surface area contributed by atoms with Gasteiger partial charge in [-0.3, -0.25) is 0 Å². The number of aryl methyl sites for hydroxylation is 1. The summed E-state index contributed by atoms with van der Waals surface area (Å²) in [7, 11) is -3.32. The molecule has 2 aromatic carbocycles. The Morgan fingerprint density at radius 1 is 0.844 bits per heavy atom. The number of allylic oxidation sites excluding steroid dienone is 4. The van der Waals surface area contributed by atoms with E-state index in [-0.39, 0.29) is 5.41 Å². The quantitative estimate of drug-likeness (QED) is 0.142. The largest absolute Gasteiger partial charge is 0.344 e. The number of anilines is 1. The molecule has 0 spiro atoms. The molecule has 2 aliphatic heterocycles. The van der Waals surface area contributed by atoms with Gasteiger partial charge in [-0.05, 0) is 69.5 Å². The number of sulfone groups is 1. The molecule has 0 amide bonds. The van der Waals surface area contributed by atoms with Crippen molar-refractivity contribution in [2.75, 3.05) is 24.2 Å². The first kappa shape index (κ1) is 35.5. The molecular formula is C39H56ClN2O2S+. The van der Waals surface area contributed by atoms with Crippen molar-refractivity contribution in [3.8, 4) is 0 Å². The Hall–Kier alpha value is -2.37. The molecule has 45 heavy (non-hydrogen) atoms. The van der Waals surface area contributed by atoms with Gasteiger partial charge in [-0.25, -0.2) is 8.42 Å². The lowest BCUT2D eigenvalue weighted by Gasteiger charge is -2.27. The summed E-state index contributed by atoms with van der Waals surface area (Å²) in [5, 5.41) is 0.703. The molecule has 2 heterocycles. The molecule has 0 atom stereocenters. The molecule has 0 saturated carbocycles. The molecule has 6 heteroatoms. The maximum absolute atomic E-state index is 12.5. The smallest absolute Gasteiger partial charge is 0.209 e. The molecule has 0 N–H and O–H groups in total. The highest BCUT2D eigenvalue weighted by Gasteiger charge is 2.45. The monoisotopic (exact) mass is 651 g/mol. The lowest BCUT2D eigenvalue weighted by molar-refractivity contribution is -0.438. The lowest BCUT2D eigenvalue weighted by Crippen LogP contribution is -2.29. The highest BCUT2D eigenvalue weighted by Crippen LogP contribution is 2.49. The summed E-state index contributed by atoms with van der Waals surface area (Å²) in [6, 6.07) is 12.5. The van der Waals surface area contributed by atoms with Crippen LogP contribution in [-0.2, 0) is 20.7 Å².